The minimum atomic E-state index is -0.408. The molecule has 0 aliphatic carbocycles. The Bertz CT molecular complexity index is 1270. The third kappa shape index (κ3) is 4.33. The van der Waals surface area contributed by atoms with E-state index in [0.29, 0.717) is 21.4 Å². The molecule has 0 spiro atoms. The standard InChI is InChI=1S/C20H16ClN5O2S/c1-13-4-2-7-16(10-13)29-19-18-24-26(20(28)25(18)9-8-22-19)12-17(27)23-15-6-3-5-14(21)11-15/h2-11H,12H2,1H3,(H,23,27). The second-order valence-electron chi connectivity index (χ2n) is 6.34. The first-order valence-corrected chi connectivity index (χ1v) is 9.93. The van der Waals surface area contributed by atoms with Crippen LogP contribution >= 0.6 is 23.4 Å². The van der Waals surface area contributed by atoms with E-state index >= 15 is 0 Å². The van der Waals surface area contributed by atoms with Crippen LogP contribution in [0.2, 0.25) is 5.02 Å². The smallest absolute Gasteiger partial charge is 0.324 e. The van der Waals surface area contributed by atoms with Crippen molar-refractivity contribution in [3.8, 4) is 0 Å². The van der Waals surface area contributed by atoms with Crippen molar-refractivity contribution in [2.45, 2.75) is 23.4 Å². The van der Waals surface area contributed by atoms with Gasteiger partial charge in [0.1, 0.15) is 11.6 Å². The van der Waals surface area contributed by atoms with Gasteiger partial charge in [-0.15, -0.1) is 5.10 Å². The van der Waals surface area contributed by atoms with E-state index in [1.54, 1.807) is 30.5 Å². The van der Waals surface area contributed by atoms with Crippen LogP contribution < -0.4 is 11.0 Å². The summed E-state index contributed by atoms with van der Waals surface area (Å²) in [6, 6.07) is 14.8. The number of fused-ring (bicyclic) bond motifs is 1. The molecular formula is C20H16ClN5O2S. The fraction of sp³-hybridized carbons (Fsp3) is 0.100. The maximum atomic E-state index is 12.7. The van der Waals surface area contributed by atoms with Crippen LogP contribution in [0, 0.1) is 6.92 Å². The normalized spacial score (nSPS) is 11.0. The van der Waals surface area contributed by atoms with Gasteiger partial charge in [0, 0.05) is 28.0 Å². The number of aryl methyl sites for hydroxylation is 1. The molecule has 7 nitrogen and oxygen atoms in total. The summed E-state index contributed by atoms with van der Waals surface area (Å²) >= 11 is 7.34. The lowest BCUT2D eigenvalue weighted by Gasteiger charge is -2.04. The Morgan fingerprint density at radius 1 is 1.21 bits per heavy atom. The molecule has 9 heteroatoms. The van der Waals surface area contributed by atoms with Gasteiger partial charge in [-0.25, -0.2) is 18.9 Å². The lowest BCUT2D eigenvalue weighted by Crippen LogP contribution is -2.28. The number of halogens is 1. The van der Waals surface area contributed by atoms with Gasteiger partial charge in [-0.1, -0.05) is 47.1 Å². The highest BCUT2D eigenvalue weighted by Crippen LogP contribution is 2.28. The Morgan fingerprint density at radius 3 is 2.83 bits per heavy atom. The van der Waals surface area contributed by atoms with Gasteiger partial charge < -0.3 is 5.32 Å². The molecule has 0 aliphatic heterocycles. The van der Waals surface area contributed by atoms with Crippen LogP contribution in [-0.4, -0.2) is 25.1 Å². The minimum Gasteiger partial charge on any atom is -0.324 e. The maximum Gasteiger partial charge on any atom is 0.350 e. The number of amides is 1. The first kappa shape index (κ1) is 19.2. The molecule has 0 aliphatic rings. The number of benzene rings is 2. The second kappa shape index (κ2) is 8.10. The number of carbonyl (C=O) groups is 1. The molecule has 4 aromatic rings. The third-order valence-electron chi connectivity index (χ3n) is 4.08. The first-order valence-electron chi connectivity index (χ1n) is 8.74. The van der Waals surface area contributed by atoms with Gasteiger partial charge in [-0.3, -0.25) is 4.79 Å². The van der Waals surface area contributed by atoms with Gasteiger partial charge in [0.05, 0.1) is 0 Å². The van der Waals surface area contributed by atoms with Crippen molar-refractivity contribution < 1.29 is 4.79 Å². The molecule has 1 amide bonds. The summed E-state index contributed by atoms with van der Waals surface area (Å²) in [5, 5.41) is 8.14. The molecule has 0 atom stereocenters. The van der Waals surface area contributed by atoms with Crippen molar-refractivity contribution >= 4 is 40.6 Å². The first-order chi connectivity index (χ1) is 14.0. The average molecular weight is 426 g/mol. The zero-order valence-electron chi connectivity index (χ0n) is 15.4. The fourth-order valence-electron chi connectivity index (χ4n) is 2.79. The zero-order chi connectivity index (χ0) is 20.4. The summed E-state index contributed by atoms with van der Waals surface area (Å²) < 4.78 is 2.51. The predicted molar refractivity (Wildman–Crippen MR) is 113 cm³/mol. The van der Waals surface area contributed by atoms with Crippen molar-refractivity contribution in [1.29, 1.82) is 0 Å². The highest BCUT2D eigenvalue weighted by atomic mass is 35.5. The van der Waals surface area contributed by atoms with Crippen LogP contribution in [0.4, 0.5) is 5.69 Å². The van der Waals surface area contributed by atoms with Gasteiger partial charge >= 0.3 is 5.69 Å². The molecule has 0 bridgehead atoms. The van der Waals surface area contributed by atoms with E-state index in [2.05, 4.69) is 15.4 Å². The maximum absolute atomic E-state index is 12.7. The highest BCUT2D eigenvalue weighted by Gasteiger charge is 2.15. The Labute approximate surface area is 175 Å². The SMILES string of the molecule is Cc1cccc(Sc2nccn3c(=O)n(CC(=O)Nc4cccc(Cl)c4)nc23)c1. The largest absolute Gasteiger partial charge is 0.350 e. The van der Waals surface area contributed by atoms with Crippen molar-refractivity contribution in [3.63, 3.8) is 0 Å². The molecule has 29 heavy (non-hydrogen) atoms. The van der Waals surface area contributed by atoms with Crippen LogP contribution in [0.1, 0.15) is 5.56 Å². The van der Waals surface area contributed by atoms with E-state index in [1.807, 2.05) is 31.2 Å². The van der Waals surface area contributed by atoms with E-state index in [1.165, 1.54) is 22.4 Å². The van der Waals surface area contributed by atoms with Crippen LogP contribution in [-0.2, 0) is 11.3 Å². The molecule has 0 fully saturated rings. The average Bonchev–Trinajstić information content (AvgIpc) is 2.99. The second-order valence-corrected chi connectivity index (χ2v) is 7.84. The molecule has 0 radical (unpaired) electrons. The number of carbonyl (C=O) groups excluding carboxylic acids is 1. The van der Waals surface area contributed by atoms with Crippen LogP contribution in [0.25, 0.3) is 5.65 Å². The molecule has 146 valence electrons. The zero-order valence-corrected chi connectivity index (χ0v) is 16.9. The minimum absolute atomic E-state index is 0.221. The van der Waals surface area contributed by atoms with Crippen molar-refractivity contribution in [2.24, 2.45) is 0 Å². The number of rotatable bonds is 5. The summed E-state index contributed by atoms with van der Waals surface area (Å²) in [6.45, 7) is 1.79. The Morgan fingerprint density at radius 2 is 2.03 bits per heavy atom. The van der Waals surface area contributed by atoms with Gasteiger partial charge in [0.15, 0.2) is 5.65 Å². The van der Waals surface area contributed by atoms with E-state index in [0.717, 1.165) is 15.1 Å². The van der Waals surface area contributed by atoms with E-state index in [9.17, 15) is 9.59 Å². The molecule has 0 unspecified atom stereocenters. The van der Waals surface area contributed by atoms with E-state index in [-0.39, 0.29) is 12.5 Å². The summed E-state index contributed by atoms with van der Waals surface area (Å²) in [6.07, 6.45) is 3.08. The molecule has 4 rings (SSSR count). The molecule has 2 aromatic carbocycles. The number of hydrogen-bond donors (Lipinski definition) is 1. The summed E-state index contributed by atoms with van der Waals surface area (Å²) in [5.41, 5.74) is 1.67. The topological polar surface area (TPSA) is 81.3 Å². The predicted octanol–water partition coefficient (Wildman–Crippen LogP) is 3.64. The molecule has 2 aromatic heterocycles. The monoisotopic (exact) mass is 425 g/mol. The number of nitrogens with one attached hydrogen (secondary N) is 1. The lowest BCUT2D eigenvalue weighted by molar-refractivity contribution is -0.117. The molecular weight excluding hydrogens is 410 g/mol. The highest BCUT2D eigenvalue weighted by molar-refractivity contribution is 7.99. The van der Waals surface area contributed by atoms with Crippen molar-refractivity contribution in [1.82, 2.24) is 19.2 Å². The number of hydrogen-bond acceptors (Lipinski definition) is 5. The molecule has 2 heterocycles. The van der Waals surface area contributed by atoms with Gasteiger partial charge in [0.25, 0.3) is 0 Å². The van der Waals surface area contributed by atoms with Gasteiger partial charge in [-0.05, 0) is 37.3 Å². The lowest BCUT2D eigenvalue weighted by atomic mass is 10.2. The number of anilines is 1. The van der Waals surface area contributed by atoms with Gasteiger partial charge in [-0.2, -0.15) is 0 Å². The van der Waals surface area contributed by atoms with Gasteiger partial charge in [0.2, 0.25) is 5.91 Å². The van der Waals surface area contributed by atoms with Crippen LogP contribution in [0.3, 0.4) is 0 Å². The molecule has 1 N–H and O–H groups in total. The summed E-state index contributed by atoms with van der Waals surface area (Å²) in [7, 11) is 0. The van der Waals surface area contributed by atoms with Crippen molar-refractivity contribution in [3.05, 3.63) is 82.0 Å². The molecule has 0 saturated carbocycles. The Hall–Kier alpha value is -3.10. The number of aromatic nitrogens is 4. The van der Waals surface area contributed by atoms with Crippen LogP contribution in [0.15, 0.2) is 75.6 Å². The van der Waals surface area contributed by atoms with E-state index < -0.39 is 5.69 Å². The third-order valence-corrected chi connectivity index (χ3v) is 5.28. The summed E-state index contributed by atoms with van der Waals surface area (Å²) in [4.78, 5) is 30.4. The van der Waals surface area contributed by atoms with Crippen LogP contribution in [0.5, 0.6) is 0 Å². The Balaban J connectivity index is 1.60. The molecule has 0 saturated heterocycles. The fourth-order valence-corrected chi connectivity index (χ4v) is 3.94. The Kier molecular flexibility index (Phi) is 5.37. The van der Waals surface area contributed by atoms with E-state index in [4.69, 9.17) is 11.6 Å². The number of nitrogens with zero attached hydrogens (tertiary/aromatic N) is 4. The van der Waals surface area contributed by atoms with Crippen molar-refractivity contribution in [2.75, 3.05) is 5.32 Å². The quantitative estimate of drug-likeness (QED) is 0.528. The summed E-state index contributed by atoms with van der Waals surface area (Å²) in [5.74, 6) is -0.376.